The zero-order chi connectivity index (χ0) is 44.6. The van der Waals surface area contributed by atoms with Gasteiger partial charge in [-0.1, -0.05) is 49.6 Å². The number of piperazine rings is 1. The van der Waals surface area contributed by atoms with Gasteiger partial charge in [-0.05, 0) is 113 Å². The standard InChI is InChI=1S/C49H70FN7O6/c1-36(2)52-48(59)56(34-39-13-17-40(50)18-14-39)29-26-54-24-27-55(28-25-54)47(58)35-62-43-19-15-38(16-20-43)33-51-22-7-5-6-8-23-57-41-10-9-11-42(57)32-44(31-41)63-49(60)53-45-30-37(3)12-21-46(45)61-4/h12-21,30,36,41-42,44,51H,5-11,22-29,31-35H2,1-4H3,(H,52,59)(H,53,60). The summed E-state index contributed by atoms with van der Waals surface area (Å²) in [6, 6.07) is 20.7. The number of carbonyl (C=O) groups excluding carboxylic acids is 3. The van der Waals surface area contributed by atoms with Gasteiger partial charge in [0.05, 0.1) is 12.8 Å². The SMILES string of the molecule is COc1ccc(C)cc1NC(=O)OC1CC2CCCC(C1)N2CCCCCCNCc1ccc(OCC(=O)N2CCN(CCN(Cc3ccc(F)cc3)C(=O)NC(C)C)CC2)cc1. The number of piperidine rings is 2. The molecule has 0 saturated carbocycles. The van der Waals surface area contributed by atoms with Crippen LogP contribution in [0.25, 0.3) is 0 Å². The molecule has 3 saturated heterocycles. The van der Waals surface area contributed by atoms with Crippen molar-refractivity contribution < 1.29 is 33.0 Å². The number of carbonyl (C=O) groups is 3. The van der Waals surface area contributed by atoms with Crippen molar-refractivity contribution in [3.05, 3.63) is 89.2 Å². The van der Waals surface area contributed by atoms with E-state index in [1.165, 1.54) is 56.2 Å². The van der Waals surface area contributed by atoms with E-state index in [2.05, 4.69) is 25.8 Å². The Balaban J connectivity index is 0.799. The first-order valence-corrected chi connectivity index (χ1v) is 23.1. The molecule has 0 spiro atoms. The van der Waals surface area contributed by atoms with Crippen molar-refractivity contribution in [3.63, 3.8) is 0 Å². The predicted octanol–water partition coefficient (Wildman–Crippen LogP) is 7.57. The quantitative estimate of drug-likeness (QED) is 0.0930. The summed E-state index contributed by atoms with van der Waals surface area (Å²) in [6.45, 7) is 12.9. The molecule has 3 N–H and O–H groups in total. The number of ether oxygens (including phenoxy) is 3. The Morgan fingerprint density at radius 3 is 2.25 bits per heavy atom. The van der Waals surface area contributed by atoms with Gasteiger partial charge in [0, 0.05) is 83.3 Å². The van der Waals surface area contributed by atoms with Gasteiger partial charge in [-0.25, -0.2) is 14.0 Å². The van der Waals surface area contributed by atoms with E-state index in [0.717, 1.165) is 63.1 Å². The number of urea groups is 1. The van der Waals surface area contributed by atoms with E-state index < -0.39 is 6.09 Å². The Hall–Kier alpha value is -4.92. The molecule has 3 aliphatic heterocycles. The lowest BCUT2D eigenvalue weighted by Gasteiger charge is -2.48. The van der Waals surface area contributed by atoms with Crippen LogP contribution in [-0.2, 0) is 22.6 Å². The molecule has 14 heteroatoms. The largest absolute Gasteiger partial charge is 0.495 e. The van der Waals surface area contributed by atoms with Crippen LogP contribution in [0.2, 0.25) is 0 Å². The summed E-state index contributed by atoms with van der Waals surface area (Å²) in [5, 5.41) is 9.44. The van der Waals surface area contributed by atoms with Crippen LogP contribution in [-0.4, -0.2) is 128 Å². The number of unbranched alkanes of at least 4 members (excludes halogenated alkanes) is 3. The second-order valence-electron chi connectivity index (χ2n) is 17.7. The highest BCUT2D eigenvalue weighted by molar-refractivity contribution is 5.87. The van der Waals surface area contributed by atoms with Crippen molar-refractivity contribution in [2.45, 2.75) is 116 Å². The third-order valence-electron chi connectivity index (χ3n) is 12.5. The highest BCUT2D eigenvalue weighted by atomic mass is 19.1. The fraction of sp³-hybridized carbons (Fsp3) is 0.571. The van der Waals surface area contributed by atoms with Gasteiger partial charge < -0.3 is 34.6 Å². The van der Waals surface area contributed by atoms with Crippen LogP contribution in [0, 0.1) is 12.7 Å². The summed E-state index contributed by atoms with van der Waals surface area (Å²) in [5.41, 5.74) is 3.73. The topological polar surface area (TPSA) is 128 Å². The van der Waals surface area contributed by atoms with Crippen molar-refractivity contribution in [2.24, 2.45) is 0 Å². The molecule has 2 unspecified atom stereocenters. The zero-order valence-corrected chi connectivity index (χ0v) is 37.9. The molecular formula is C49H70FN7O6. The van der Waals surface area contributed by atoms with Gasteiger partial charge in [0.15, 0.2) is 6.61 Å². The van der Waals surface area contributed by atoms with Gasteiger partial charge >= 0.3 is 12.1 Å². The average Bonchev–Trinajstić information content (AvgIpc) is 3.26. The molecular weight excluding hydrogens is 802 g/mol. The first-order valence-electron chi connectivity index (χ1n) is 23.1. The van der Waals surface area contributed by atoms with E-state index in [0.29, 0.717) is 62.0 Å². The minimum atomic E-state index is -0.407. The van der Waals surface area contributed by atoms with Gasteiger partial charge in [-0.2, -0.15) is 0 Å². The summed E-state index contributed by atoms with van der Waals surface area (Å²) in [6.07, 6.45) is 9.63. The second-order valence-corrected chi connectivity index (χ2v) is 17.7. The molecule has 3 aromatic rings. The highest BCUT2D eigenvalue weighted by Gasteiger charge is 2.39. The van der Waals surface area contributed by atoms with Crippen molar-refractivity contribution in [1.82, 2.24) is 30.2 Å². The molecule has 13 nitrogen and oxygen atoms in total. The maximum Gasteiger partial charge on any atom is 0.412 e. The normalized spacial score (nSPS) is 19.1. The van der Waals surface area contributed by atoms with Gasteiger partial charge in [-0.3, -0.25) is 19.9 Å². The van der Waals surface area contributed by atoms with E-state index >= 15 is 0 Å². The van der Waals surface area contributed by atoms with Crippen molar-refractivity contribution in [3.8, 4) is 11.5 Å². The van der Waals surface area contributed by atoms with E-state index in [-0.39, 0.29) is 36.5 Å². The molecule has 2 atom stereocenters. The average molecular weight is 872 g/mol. The van der Waals surface area contributed by atoms with Gasteiger partial charge in [0.1, 0.15) is 23.4 Å². The molecule has 6 rings (SSSR count). The number of nitrogens with one attached hydrogen (secondary N) is 3. The van der Waals surface area contributed by atoms with Gasteiger partial charge in [0.2, 0.25) is 0 Å². The molecule has 0 radical (unpaired) electrons. The fourth-order valence-corrected chi connectivity index (χ4v) is 9.05. The van der Waals surface area contributed by atoms with Crippen molar-refractivity contribution in [2.75, 3.05) is 71.4 Å². The zero-order valence-electron chi connectivity index (χ0n) is 37.9. The number of anilines is 1. The number of nitrogens with zero attached hydrogens (tertiary/aromatic N) is 4. The molecule has 3 fully saturated rings. The lowest BCUT2D eigenvalue weighted by molar-refractivity contribution is -0.135. The highest BCUT2D eigenvalue weighted by Crippen LogP contribution is 2.36. The third-order valence-corrected chi connectivity index (χ3v) is 12.5. The van der Waals surface area contributed by atoms with Crippen LogP contribution < -0.4 is 25.4 Å². The van der Waals surface area contributed by atoms with E-state index in [1.807, 2.05) is 68.1 Å². The molecule has 3 aliphatic rings. The number of rotatable bonds is 21. The number of benzene rings is 3. The van der Waals surface area contributed by atoms with E-state index in [4.69, 9.17) is 14.2 Å². The number of hydrogen-bond donors (Lipinski definition) is 3. The maximum atomic E-state index is 13.4. The Morgan fingerprint density at radius 2 is 1.56 bits per heavy atom. The Morgan fingerprint density at radius 1 is 0.857 bits per heavy atom. The molecule has 0 aromatic heterocycles. The monoisotopic (exact) mass is 872 g/mol. The number of amides is 4. The smallest absolute Gasteiger partial charge is 0.412 e. The number of fused-ring (bicyclic) bond motifs is 2. The number of methoxy groups -OCH3 is 1. The summed E-state index contributed by atoms with van der Waals surface area (Å²) in [4.78, 5) is 47.3. The van der Waals surface area contributed by atoms with Crippen LogP contribution >= 0.6 is 0 Å². The number of halogens is 1. The summed E-state index contributed by atoms with van der Waals surface area (Å²) >= 11 is 0. The maximum absolute atomic E-state index is 13.4. The number of aryl methyl sites for hydroxylation is 1. The van der Waals surface area contributed by atoms with Crippen LogP contribution in [0.4, 0.5) is 19.7 Å². The summed E-state index contributed by atoms with van der Waals surface area (Å²) in [5.74, 6) is 0.971. The van der Waals surface area contributed by atoms with Crippen LogP contribution in [0.15, 0.2) is 66.7 Å². The molecule has 63 heavy (non-hydrogen) atoms. The first kappa shape index (κ1) is 47.6. The van der Waals surface area contributed by atoms with Gasteiger partial charge in [0.25, 0.3) is 5.91 Å². The Kier molecular flexibility index (Phi) is 18.3. The van der Waals surface area contributed by atoms with Gasteiger partial charge in [-0.15, -0.1) is 0 Å². The molecule has 344 valence electrons. The molecule has 3 heterocycles. The van der Waals surface area contributed by atoms with Crippen LogP contribution in [0.1, 0.15) is 88.3 Å². The third kappa shape index (κ3) is 15.1. The minimum Gasteiger partial charge on any atom is -0.495 e. The van der Waals surface area contributed by atoms with Crippen LogP contribution in [0.5, 0.6) is 11.5 Å². The molecule has 2 bridgehead atoms. The van der Waals surface area contributed by atoms with E-state index in [9.17, 15) is 18.8 Å². The van der Waals surface area contributed by atoms with Crippen molar-refractivity contribution >= 4 is 23.7 Å². The Bertz CT molecular complexity index is 1880. The second kappa shape index (κ2) is 24.2. The van der Waals surface area contributed by atoms with Crippen molar-refractivity contribution in [1.29, 1.82) is 0 Å². The van der Waals surface area contributed by atoms with E-state index in [1.54, 1.807) is 24.1 Å². The first-order chi connectivity index (χ1) is 30.5. The molecule has 3 aromatic carbocycles. The fourth-order valence-electron chi connectivity index (χ4n) is 9.05. The number of hydrogen-bond acceptors (Lipinski definition) is 9. The molecule has 4 amide bonds. The minimum absolute atomic E-state index is 0.00353. The predicted molar refractivity (Wildman–Crippen MR) is 245 cm³/mol. The molecule has 0 aliphatic carbocycles. The Labute approximate surface area is 374 Å². The summed E-state index contributed by atoms with van der Waals surface area (Å²) in [7, 11) is 1.60. The summed E-state index contributed by atoms with van der Waals surface area (Å²) < 4.78 is 30.7. The lowest BCUT2D eigenvalue weighted by Crippen LogP contribution is -2.54. The van der Waals surface area contributed by atoms with Crippen LogP contribution in [0.3, 0.4) is 0 Å². The lowest BCUT2D eigenvalue weighted by atomic mass is 9.82.